The van der Waals surface area contributed by atoms with E-state index < -0.39 is 11.9 Å². The Labute approximate surface area is 180 Å². The highest BCUT2D eigenvalue weighted by atomic mass is 16.2. The number of benzene rings is 2. The Bertz CT molecular complexity index is 1030. The predicted molar refractivity (Wildman–Crippen MR) is 117 cm³/mol. The lowest BCUT2D eigenvalue weighted by Gasteiger charge is -2.30. The highest BCUT2D eigenvalue weighted by Crippen LogP contribution is 2.28. The number of rotatable bonds is 7. The Hall–Kier alpha value is -3.75. The molecule has 0 spiro atoms. The fourth-order valence-corrected chi connectivity index (χ4v) is 3.89. The zero-order chi connectivity index (χ0) is 21.6. The van der Waals surface area contributed by atoms with Gasteiger partial charge in [0.2, 0.25) is 5.91 Å². The van der Waals surface area contributed by atoms with E-state index in [0.717, 1.165) is 37.2 Å². The molecule has 0 radical (unpaired) electrons. The van der Waals surface area contributed by atoms with Crippen molar-refractivity contribution >= 4 is 23.2 Å². The monoisotopic (exact) mass is 419 g/mol. The normalized spacial score (nSPS) is 14.8. The van der Waals surface area contributed by atoms with Crippen molar-refractivity contribution in [1.29, 1.82) is 0 Å². The molecule has 3 aromatic rings. The van der Waals surface area contributed by atoms with Gasteiger partial charge in [-0.15, -0.1) is 5.10 Å². The second-order valence-electron chi connectivity index (χ2n) is 7.63. The summed E-state index contributed by atoms with van der Waals surface area (Å²) in [5.74, 6) is -0.721. The first-order valence-electron chi connectivity index (χ1n) is 10.4. The third-order valence-corrected chi connectivity index (χ3v) is 5.49. The molecule has 1 atom stereocenters. The molecule has 1 saturated heterocycles. The lowest BCUT2D eigenvalue weighted by atomic mass is 10.0. The number of nitrogens with zero attached hydrogens (tertiary/aromatic N) is 5. The molecule has 0 aliphatic carbocycles. The Balaban J connectivity index is 1.58. The van der Waals surface area contributed by atoms with Crippen molar-refractivity contribution in [1.82, 2.24) is 20.2 Å². The van der Waals surface area contributed by atoms with Gasteiger partial charge in [0.05, 0.1) is 11.3 Å². The fraction of sp³-hybridized carbons (Fsp3) is 0.318. The van der Waals surface area contributed by atoms with Crippen molar-refractivity contribution < 1.29 is 9.59 Å². The summed E-state index contributed by atoms with van der Waals surface area (Å²) in [6.45, 7) is 1.72. The number of carbonyl (C=O) groups is 2. The number of primary amides is 1. The van der Waals surface area contributed by atoms with E-state index in [1.165, 1.54) is 17.4 Å². The number of nitrogens with two attached hydrogens (primary N) is 1. The van der Waals surface area contributed by atoms with Crippen LogP contribution in [-0.2, 0) is 11.2 Å². The van der Waals surface area contributed by atoms with Gasteiger partial charge in [0, 0.05) is 25.2 Å². The maximum atomic E-state index is 13.2. The smallest absolute Gasteiger partial charge is 0.250 e. The van der Waals surface area contributed by atoms with Crippen LogP contribution >= 0.6 is 0 Å². The first-order chi connectivity index (χ1) is 15.1. The molecule has 4 rings (SSSR count). The molecule has 1 unspecified atom stereocenters. The molecule has 1 aliphatic rings. The highest BCUT2D eigenvalue weighted by Gasteiger charge is 2.24. The minimum atomic E-state index is -0.619. The molecule has 1 fully saturated rings. The number of amides is 2. The molecule has 9 heteroatoms. The Morgan fingerprint density at radius 1 is 1.06 bits per heavy atom. The van der Waals surface area contributed by atoms with Crippen molar-refractivity contribution in [3.8, 4) is 0 Å². The van der Waals surface area contributed by atoms with Crippen molar-refractivity contribution in [2.24, 2.45) is 5.73 Å². The van der Waals surface area contributed by atoms with Gasteiger partial charge in [-0.05, 0) is 53.5 Å². The molecule has 0 saturated carbocycles. The van der Waals surface area contributed by atoms with Crippen LogP contribution in [0, 0.1) is 0 Å². The SMILES string of the molecule is NC(=O)c1ccc(NC(=O)C(Cc2ccccc2)n2cnnn2)cc1N1CCCCC1. The molecular weight excluding hydrogens is 394 g/mol. The molecule has 2 amide bonds. The molecule has 1 aromatic heterocycles. The van der Waals surface area contributed by atoms with Crippen molar-refractivity contribution in [3.63, 3.8) is 0 Å². The lowest BCUT2D eigenvalue weighted by Crippen LogP contribution is -2.32. The highest BCUT2D eigenvalue weighted by molar-refractivity contribution is 6.01. The van der Waals surface area contributed by atoms with Gasteiger partial charge in [0.15, 0.2) is 0 Å². The standard InChI is InChI=1S/C22H25N7O2/c23-21(30)18-10-9-17(14-19(18)28-11-5-2-6-12-28)25-22(31)20(29-15-24-26-27-29)13-16-7-3-1-4-8-16/h1,3-4,7-10,14-15,20H,2,5-6,11-13H2,(H2,23,30)(H,25,31). The number of aromatic nitrogens is 4. The van der Waals surface area contributed by atoms with Gasteiger partial charge in [-0.3, -0.25) is 9.59 Å². The third-order valence-electron chi connectivity index (χ3n) is 5.49. The van der Waals surface area contributed by atoms with Gasteiger partial charge in [0.25, 0.3) is 5.91 Å². The third kappa shape index (κ3) is 4.88. The first kappa shape index (κ1) is 20.5. The van der Waals surface area contributed by atoms with Crippen molar-refractivity contribution in [3.05, 3.63) is 66.0 Å². The second kappa shape index (κ2) is 9.38. The Morgan fingerprint density at radius 3 is 2.52 bits per heavy atom. The molecule has 3 N–H and O–H groups in total. The van der Waals surface area contributed by atoms with Crippen LogP contribution in [0.4, 0.5) is 11.4 Å². The van der Waals surface area contributed by atoms with Gasteiger partial charge in [0.1, 0.15) is 12.4 Å². The average Bonchev–Trinajstić information content (AvgIpc) is 3.33. The van der Waals surface area contributed by atoms with E-state index in [0.29, 0.717) is 17.7 Å². The zero-order valence-electron chi connectivity index (χ0n) is 17.1. The van der Waals surface area contributed by atoms with E-state index in [-0.39, 0.29) is 5.91 Å². The summed E-state index contributed by atoms with van der Waals surface area (Å²) in [6.07, 6.45) is 5.17. The molecule has 2 heterocycles. The summed E-state index contributed by atoms with van der Waals surface area (Å²) < 4.78 is 1.45. The van der Waals surface area contributed by atoms with Crippen molar-refractivity contribution in [2.75, 3.05) is 23.3 Å². The summed E-state index contributed by atoms with van der Waals surface area (Å²) in [7, 11) is 0. The maximum absolute atomic E-state index is 13.2. The number of carbonyl (C=O) groups excluding carboxylic acids is 2. The summed E-state index contributed by atoms with van der Waals surface area (Å²) in [5.41, 5.74) is 8.40. The van der Waals surface area contributed by atoms with Gasteiger partial charge in [-0.1, -0.05) is 30.3 Å². The van der Waals surface area contributed by atoms with Crippen LogP contribution in [0.2, 0.25) is 0 Å². The fourth-order valence-electron chi connectivity index (χ4n) is 3.89. The zero-order valence-corrected chi connectivity index (χ0v) is 17.1. The minimum Gasteiger partial charge on any atom is -0.371 e. The Morgan fingerprint density at radius 2 is 1.84 bits per heavy atom. The number of anilines is 2. The largest absolute Gasteiger partial charge is 0.371 e. The number of hydrogen-bond donors (Lipinski definition) is 2. The van der Waals surface area contributed by atoms with Gasteiger partial charge in [-0.2, -0.15) is 0 Å². The predicted octanol–water partition coefficient (Wildman–Crippen LogP) is 2.18. The van der Waals surface area contributed by atoms with Crippen LogP contribution in [0.1, 0.15) is 41.2 Å². The maximum Gasteiger partial charge on any atom is 0.250 e. The van der Waals surface area contributed by atoms with Crippen LogP contribution in [0.5, 0.6) is 0 Å². The van der Waals surface area contributed by atoms with Gasteiger partial charge >= 0.3 is 0 Å². The summed E-state index contributed by atoms with van der Waals surface area (Å²) >= 11 is 0. The molecule has 31 heavy (non-hydrogen) atoms. The van der Waals surface area contributed by atoms with E-state index in [2.05, 4.69) is 25.7 Å². The van der Waals surface area contributed by atoms with E-state index in [9.17, 15) is 9.59 Å². The number of hydrogen-bond acceptors (Lipinski definition) is 6. The summed E-state index contributed by atoms with van der Waals surface area (Å²) in [5, 5.41) is 14.2. The molecule has 0 bridgehead atoms. The number of piperidine rings is 1. The van der Waals surface area contributed by atoms with Crippen LogP contribution < -0.4 is 16.0 Å². The molecule has 2 aromatic carbocycles. The van der Waals surface area contributed by atoms with Crippen LogP contribution in [-0.4, -0.2) is 45.1 Å². The Kier molecular flexibility index (Phi) is 6.21. The van der Waals surface area contributed by atoms with Crippen molar-refractivity contribution in [2.45, 2.75) is 31.7 Å². The quantitative estimate of drug-likeness (QED) is 0.606. The number of tetrazole rings is 1. The summed E-state index contributed by atoms with van der Waals surface area (Å²) in [4.78, 5) is 27.3. The van der Waals surface area contributed by atoms with E-state index in [1.54, 1.807) is 12.1 Å². The lowest BCUT2D eigenvalue weighted by molar-refractivity contribution is -0.119. The first-order valence-corrected chi connectivity index (χ1v) is 10.4. The number of nitrogens with one attached hydrogen (secondary N) is 1. The molecule has 9 nitrogen and oxygen atoms in total. The molecule has 160 valence electrons. The van der Waals surface area contributed by atoms with E-state index in [4.69, 9.17) is 5.73 Å². The molecular formula is C22H25N7O2. The molecule has 1 aliphatic heterocycles. The van der Waals surface area contributed by atoms with E-state index in [1.807, 2.05) is 36.4 Å². The van der Waals surface area contributed by atoms with E-state index >= 15 is 0 Å². The van der Waals surface area contributed by atoms with Crippen LogP contribution in [0.3, 0.4) is 0 Å². The summed E-state index contributed by atoms with van der Waals surface area (Å²) in [6, 6.07) is 14.3. The van der Waals surface area contributed by atoms with Crippen LogP contribution in [0.25, 0.3) is 0 Å². The van der Waals surface area contributed by atoms with Crippen LogP contribution in [0.15, 0.2) is 54.9 Å². The topological polar surface area (TPSA) is 119 Å². The average molecular weight is 419 g/mol. The van der Waals surface area contributed by atoms with Gasteiger partial charge in [-0.25, -0.2) is 4.68 Å². The van der Waals surface area contributed by atoms with Gasteiger partial charge < -0.3 is 16.0 Å². The second-order valence-corrected chi connectivity index (χ2v) is 7.63. The minimum absolute atomic E-state index is 0.243.